The molecule has 2 rings (SSSR count). The Bertz CT molecular complexity index is 817. The van der Waals surface area contributed by atoms with Gasteiger partial charge in [-0.25, -0.2) is 8.78 Å². The van der Waals surface area contributed by atoms with Crippen LogP contribution in [-0.2, 0) is 0 Å². The molecule has 0 aliphatic carbocycles. The topological polar surface area (TPSA) is 84.3 Å². The van der Waals surface area contributed by atoms with Crippen LogP contribution >= 0.6 is 11.8 Å². The van der Waals surface area contributed by atoms with Crippen molar-refractivity contribution in [3.8, 4) is 0 Å². The van der Waals surface area contributed by atoms with E-state index >= 15 is 0 Å². The molecule has 1 amide bonds. The fourth-order valence-corrected chi connectivity index (χ4v) is 3.04. The fraction of sp³-hybridized carbons (Fsp3) is 0.316. The molecule has 2 aromatic rings. The summed E-state index contributed by atoms with van der Waals surface area (Å²) in [5, 5.41) is 16.8. The van der Waals surface area contributed by atoms with E-state index in [9.17, 15) is 23.7 Å². The van der Waals surface area contributed by atoms with Crippen molar-refractivity contribution in [3.63, 3.8) is 0 Å². The lowest BCUT2D eigenvalue weighted by Crippen LogP contribution is -2.22. The maximum absolute atomic E-state index is 13.7. The van der Waals surface area contributed by atoms with Crippen molar-refractivity contribution >= 4 is 23.4 Å². The molecular weight excluding hydrogens is 388 g/mol. The highest BCUT2D eigenvalue weighted by atomic mass is 32.2. The van der Waals surface area contributed by atoms with Gasteiger partial charge in [-0.3, -0.25) is 14.9 Å². The van der Waals surface area contributed by atoms with Gasteiger partial charge in [0.25, 0.3) is 11.6 Å². The predicted octanol–water partition coefficient (Wildman–Crippen LogP) is 4.39. The first kappa shape index (κ1) is 23.5. The van der Waals surface area contributed by atoms with Gasteiger partial charge in [-0.05, 0) is 44.3 Å². The minimum atomic E-state index is -0.826. The molecule has 6 nitrogen and oxygen atoms in total. The normalized spacial score (nSPS) is 10.0. The summed E-state index contributed by atoms with van der Waals surface area (Å²) < 4.78 is 26.7. The number of halogens is 2. The molecular formula is C19H23F2N3O3S. The van der Waals surface area contributed by atoms with Crippen molar-refractivity contribution in [1.29, 1.82) is 0 Å². The van der Waals surface area contributed by atoms with Gasteiger partial charge < -0.3 is 10.6 Å². The monoisotopic (exact) mass is 411 g/mol. The van der Waals surface area contributed by atoms with E-state index in [0.29, 0.717) is 12.6 Å². The summed E-state index contributed by atoms with van der Waals surface area (Å²) in [5.41, 5.74) is -0.0331. The molecule has 28 heavy (non-hydrogen) atoms. The predicted molar refractivity (Wildman–Crippen MR) is 106 cm³/mol. The summed E-state index contributed by atoms with van der Waals surface area (Å²) >= 11 is 0.764. The Morgan fingerprint density at radius 2 is 1.71 bits per heavy atom. The summed E-state index contributed by atoms with van der Waals surface area (Å²) in [6, 6.07) is 6.78. The van der Waals surface area contributed by atoms with E-state index in [1.165, 1.54) is 24.3 Å². The van der Waals surface area contributed by atoms with Gasteiger partial charge in [-0.15, -0.1) is 0 Å². The van der Waals surface area contributed by atoms with Gasteiger partial charge in [0.2, 0.25) is 0 Å². The lowest BCUT2D eigenvalue weighted by atomic mass is 10.2. The number of hydrogen-bond donors (Lipinski definition) is 2. The van der Waals surface area contributed by atoms with E-state index in [1.807, 2.05) is 0 Å². The van der Waals surface area contributed by atoms with Crippen molar-refractivity contribution < 1.29 is 18.5 Å². The number of benzene rings is 2. The van der Waals surface area contributed by atoms with Gasteiger partial charge in [-0.1, -0.05) is 25.6 Å². The Hall–Kier alpha value is -2.52. The van der Waals surface area contributed by atoms with Crippen LogP contribution in [0.1, 0.15) is 31.1 Å². The molecule has 152 valence electrons. The average Bonchev–Trinajstić information content (AvgIpc) is 2.65. The van der Waals surface area contributed by atoms with E-state index in [-0.39, 0.29) is 26.9 Å². The molecule has 0 aliphatic rings. The van der Waals surface area contributed by atoms with Crippen LogP contribution in [0.25, 0.3) is 0 Å². The Kier molecular flexibility index (Phi) is 10.1. The minimum Gasteiger partial charge on any atom is -0.352 e. The van der Waals surface area contributed by atoms with Gasteiger partial charge >= 0.3 is 0 Å². The maximum atomic E-state index is 13.7. The molecule has 2 N–H and O–H groups in total. The molecule has 9 heteroatoms. The Morgan fingerprint density at radius 3 is 2.21 bits per heavy atom. The first-order valence-corrected chi connectivity index (χ1v) is 9.55. The SMILES string of the molecule is CCNC(=O)c1ccc([N+](=O)[O-])c(Sc2ccc(F)cc2F)c1.CCNCC. The van der Waals surface area contributed by atoms with Crippen molar-refractivity contribution in [3.05, 3.63) is 63.7 Å². The lowest BCUT2D eigenvalue weighted by molar-refractivity contribution is -0.387. The Morgan fingerprint density at radius 1 is 1.04 bits per heavy atom. The third-order valence-electron chi connectivity index (χ3n) is 3.37. The zero-order valence-corrected chi connectivity index (χ0v) is 16.7. The number of hydrogen-bond acceptors (Lipinski definition) is 5. The first-order valence-electron chi connectivity index (χ1n) is 8.74. The number of nitro groups is 1. The van der Waals surface area contributed by atoms with Crippen LogP contribution in [0, 0.1) is 21.7 Å². The van der Waals surface area contributed by atoms with Gasteiger partial charge in [-0.2, -0.15) is 0 Å². The Balaban J connectivity index is 0.000000696. The second-order valence-electron chi connectivity index (χ2n) is 5.43. The number of nitrogens with zero attached hydrogens (tertiary/aromatic N) is 1. The van der Waals surface area contributed by atoms with Crippen LogP contribution < -0.4 is 10.6 Å². The summed E-state index contributed by atoms with van der Waals surface area (Å²) in [4.78, 5) is 22.4. The van der Waals surface area contributed by atoms with Crippen molar-refractivity contribution in [1.82, 2.24) is 10.6 Å². The van der Waals surface area contributed by atoms with Gasteiger partial charge in [0.15, 0.2) is 0 Å². The highest BCUT2D eigenvalue weighted by Crippen LogP contribution is 2.36. The molecule has 0 bridgehead atoms. The molecule has 0 aromatic heterocycles. The smallest absolute Gasteiger partial charge is 0.283 e. The number of amides is 1. The molecule has 0 atom stereocenters. The molecule has 0 fully saturated rings. The summed E-state index contributed by atoms with van der Waals surface area (Å²) in [6.07, 6.45) is 0. The van der Waals surface area contributed by atoms with E-state index in [4.69, 9.17) is 0 Å². The molecule has 0 aliphatic heterocycles. The van der Waals surface area contributed by atoms with Gasteiger partial charge in [0, 0.05) is 29.1 Å². The minimum absolute atomic E-state index is 0.0301. The van der Waals surface area contributed by atoms with Crippen molar-refractivity contribution in [2.75, 3.05) is 19.6 Å². The fourth-order valence-electron chi connectivity index (χ4n) is 2.08. The van der Waals surface area contributed by atoms with Crippen LogP contribution in [0.3, 0.4) is 0 Å². The van der Waals surface area contributed by atoms with E-state index in [0.717, 1.165) is 30.9 Å². The molecule has 2 aromatic carbocycles. The molecule has 0 saturated carbocycles. The Labute approximate surface area is 166 Å². The number of carbonyl (C=O) groups is 1. The summed E-state index contributed by atoms with van der Waals surface area (Å²) in [7, 11) is 0. The second-order valence-corrected chi connectivity index (χ2v) is 6.52. The second kappa shape index (κ2) is 12.0. The van der Waals surface area contributed by atoms with Crippen LogP contribution in [0.4, 0.5) is 14.5 Å². The molecule has 0 radical (unpaired) electrons. The maximum Gasteiger partial charge on any atom is 0.283 e. The quantitative estimate of drug-likeness (QED) is 0.521. The zero-order valence-electron chi connectivity index (χ0n) is 15.9. The van der Waals surface area contributed by atoms with Gasteiger partial charge in [0.1, 0.15) is 11.6 Å². The van der Waals surface area contributed by atoms with Crippen LogP contribution in [0.2, 0.25) is 0 Å². The van der Waals surface area contributed by atoms with E-state index < -0.39 is 16.6 Å². The third-order valence-corrected chi connectivity index (χ3v) is 4.47. The average molecular weight is 411 g/mol. The number of carbonyl (C=O) groups excluding carboxylic acids is 1. The molecule has 0 unspecified atom stereocenters. The summed E-state index contributed by atoms with van der Waals surface area (Å²) in [6.45, 7) is 8.54. The molecule has 0 spiro atoms. The highest BCUT2D eigenvalue weighted by molar-refractivity contribution is 7.99. The highest BCUT2D eigenvalue weighted by Gasteiger charge is 2.19. The van der Waals surface area contributed by atoms with Crippen molar-refractivity contribution in [2.24, 2.45) is 0 Å². The van der Waals surface area contributed by atoms with Crippen molar-refractivity contribution in [2.45, 2.75) is 30.6 Å². The van der Waals surface area contributed by atoms with Crippen LogP contribution in [-0.4, -0.2) is 30.5 Å². The van der Waals surface area contributed by atoms with E-state index in [1.54, 1.807) is 6.92 Å². The molecule has 0 heterocycles. The zero-order chi connectivity index (χ0) is 21.1. The number of nitrogens with one attached hydrogen (secondary N) is 2. The number of nitro benzene ring substituents is 1. The molecule has 0 saturated heterocycles. The lowest BCUT2D eigenvalue weighted by Gasteiger charge is -2.07. The number of rotatable bonds is 7. The van der Waals surface area contributed by atoms with Gasteiger partial charge in [0.05, 0.1) is 9.82 Å². The largest absolute Gasteiger partial charge is 0.352 e. The third kappa shape index (κ3) is 7.24. The van der Waals surface area contributed by atoms with Crippen LogP contribution in [0.15, 0.2) is 46.2 Å². The first-order chi connectivity index (χ1) is 13.3. The standard InChI is InChI=1S/C15H12F2N2O3S.C4H11N/c1-2-18-15(20)9-3-5-12(19(21)22)14(7-9)23-13-6-4-10(16)8-11(13)17;1-3-5-4-2/h3-8H,2H2,1H3,(H,18,20);5H,3-4H2,1-2H3. The van der Waals surface area contributed by atoms with Crippen LogP contribution in [0.5, 0.6) is 0 Å². The van der Waals surface area contributed by atoms with E-state index in [2.05, 4.69) is 24.5 Å². The summed E-state index contributed by atoms with van der Waals surface area (Å²) in [5.74, 6) is -1.95.